The van der Waals surface area contributed by atoms with Crippen LogP contribution in [-0.2, 0) is 29.5 Å². The molecule has 0 fully saturated rings. The monoisotopic (exact) mass is 614 g/mol. The van der Waals surface area contributed by atoms with Gasteiger partial charge in [-0.05, 0) is 51.9 Å². The number of ketones is 1. The number of hydrogen-bond donors (Lipinski definition) is 3. The highest BCUT2D eigenvalue weighted by molar-refractivity contribution is 6.07. The number of hydrogen-bond acceptors (Lipinski definition) is 5. The molecule has 45 heavy (non-hydrogen) atoms. The van der Waals surface area contributed by atoms with Crippen LogP contribution in [0.5, 0.6) is 0 Å². The van der Waals surface area contributed by atoms with Gasteiger partial charge >= 0.3 is 5.97 Å². The molecule has 0 bridgehead atoms. The fourth-order valence-corrected chi connectivity index (χ4v) is 4.23. The first kappa shape index (κ1) is 36.5. The van der Waals surface area contributed by atoms with Crippen molar-refractivity contribution in [2.75, 3.05) is 6.54 Å². The Hall–Kier alpha value is -4.72. The Labute approximate surface area is 267 Å². The summed E-state index contributed by atoms with van der Waals surface area (Å²) in [6.07, 6.45) is 32.5. The zero-order chi connectivity index (χ0) is 32.8. The number of benzene rings is 1. The molecule has 0 radical (unpaired) electrons. The van der Waals surface area contributed by atoms with E-state index in [1.807, 2.05) is 12.2 Å². The van der Waals surface area contributed by atoms with Crippen molar-refractivity contribution in [3.05, 3.63) is 121 Å². The molecule has 1 heterocycles. The highest BCUT2D eigenvalue weighted by Gasteiger charge is 2.43. The minimum Gasteiger partial charge on any atom is -0.480 e. The van der Waals surface area contributed by atoms with Crippen molar-refractivity contribution in [1.82, 2.24) is 10.6 Å². The van der Waals surface area contributed by atoms with Gasteiger partial charge in [0.05, 0.1) is 0 Å². The fourth-order valence-electron chi connectivity index (χ4n) is 4.23. The first-order chi connectivity index (χ1) is 21.8. The third kappa shape index (κ3) is 14.1. The maximum absolute atomic E-state index is 12.6. The van der Waals surface area contributed by atoms with E-state index in [2.05, 4.69) is 78.3 Å². The van der Waals surface area contributed by atoms with Crippen molar-refractivity contribution in [2.45, 2.75) is 76.9 Å². The largest absolute Gasteiger partial charge is 0.480 e. The molecular weight excluding hydrogens is 568 g/mol. The molecule has 1 aliphatic rings. The van der Waals surface area contributed by atoms with E-state index in [-0.39, 0.29) is 18.7 Å². The third-order valence-corrected chi connectivity index (χ3v) is 6.83. The predicted molar refractivity (Wildman–Crippen MR) is 178 cm³/mol. The molecule has 8 heteroatoms. The number of ether oxygens (including phenoxy) is 1. The van der Waals surface area contributed by atoms with Crippen molar-refractivity contribution in [3.8, 4) is 0 Å². The van der Waals surface area contributed by atoms with E-state index in [4.69, 9.17) is 4.74 Å². The summed E-state index contributed by atoms with van der Waals surface area (Å²) in [7, 11) is 0. The van der Waals surface area contributed by atoms with Gasteiger partial charge in [0.25, 0.3) is 5.91 Å². The Morgan fingerprint density at radius 2 is 1.33 bits per heavy atom. The second-order valence-corrected chi connectivity index (χ2v) is 10.5. The number of amides is 2. The molecule has 3 N–H and O–H groups in total. The summed E-state index contributed by atoms with van der Waals surface area (Å²) in [6, 6.07) is 7.45. The minimum absolute atomic E-state index is 0.109. The Morgan fingerprint density at radius 3 is 1.84 bits per heavy atom. The normalized spacial score (nSPS) is 17.6. The van der Waals surface area contributed by atoms with E-state index < -0.39 is 35.2 Å². The van der Waals surface area contributed by atoms with Gasteiger partial charge in [0, 0.05) is 24.6 Å². The van der Waals surface area contributed by atoms with Gasteiger partial charge in [0.2, 0.25) is 11.7 Å². The molecule has 0 saturated heterocycles. The van der Waals surface area contributed by atoms with E-state index in [9.17, 15) is 24.3 Å². The summed E-state index contributed by atoms with van der Waals surface area (Å²) >= 11 is 0. The van der Waals surface area contributed by atoms with Gasteiger partial charge in [-0.1, -0.05) is 110 Å². The van der Waals surface area contributed by atoms with Gasteiger partial charge in [-0.15, -0.1) is 0 Å². The summed E-state index contributed by atoms with van der Waals surface area (Å²) in [5.41, 5.74) is -0.744. The van der Waals surface area contributed by atoms with Gasteiger partial charge < -0.3 is 20.5 Å². The van der Waals surface area contributed by atoms with Crippen LogP contribution in [0.3, 0.4) is 0 Å². The molecule has 2 unspecified atom stereocenters. The second kappa shape index (κ2) is 21.1. The van der Waals surface area contributed by atoms with Gasteiger partial charge in [-0.3, -0.25) is 14.4 Å². The van der Waals surface area contributed by atoms with Crippen LogP contribution in [0.1, 0.15) is 70.8 Å². The summed E-state index contributed by atoms with van der Waals surface area (Å²) in [5.74, 6) is -3.07. The standard InChI is InChI=1S/C37H46N2O6/c1-3-4-5-6-7-8-9-10-11-12-13-14-15-16-17-18-19-20-24-27-34(41)39-31(36(43)44)29-38-35(42)32-28-33(40)37(2,45-32)30-25-22-21-23-26-30/h4-5,7-8,10-11,13-14,16-17,19-23,25-26,28,31H,3,6,9,12,15,18,24,27,29H2,1-2H3,(H,38,42)(H,39,41)(H,43,44)/b5-4-,8-7-,11-10-,14-13-,17-16-,20-19?. The van der Waals surface area contributed by atoms with E-state index in [1.54, 1.807) is 37.3 Å². The summed E-state index contributed by atoms with van der Waals surface area (Å²) in [6.45, 7) is 3.34. The molecule has 0 aliphatic carbocycles. The second-order valence-electron chi connectivity index (χ2n) is 10.5. The molecule has 1 aromatic rings. The van der Waals surface area contributed by atoms with Crippen LogP contribution in [0.15, 0.2) is 115 Å². The molecule has 0 spiro atoms. The molecule has 1 aromatic carbocycles. The Kier molecular flexibility index (Phi) is 17.1. The third-order valence-electron chi connectivity index (χ3n) is 6.83. The number of rotatable bonds is 20. The summed E-state index contributed by atoms with van der Waals surface area (Å²) in [5, 5.41) is 14.4. The molecule has 0 aromatic heterocycles. The zero-order valence-electron chi connectivity index (χ0n) is 26.3. The topological polar surface area (TPSA) is 122 Å². The highest BCUT2D eigenvalue weighted by atomic mass is 16.5. The smallest absolute Gasteiger partial charge is 0.328 e. The van der Waals surface area contributed by atoms with E-state index in [0.717, 1.165) is 44.6 Å². The van der Waals surface area contributed by atoms with Crippen LogP contribution in [0.25, 0.3) is 0 Å². The Morgan fingerprint density at radius 1 is 0.822 bits per heavy atom. The van der Waals surface area contributed by atoms with Crippen LogP contribution in [-0.4, -0.2) is 41.3 Å². The summed E-state index contributed by atoms with van der Waals surface area (Å²) in [4.78, 5) is 49.1. The number of carbonyl (C=O) groups excluding carboxylic acids is 3. The van der Waals surface area contributed by atoms with E-state index >= 15 is 0 Å². The van der Waals surface area contributed by atoms with Crippen LogP contribution >= 0.6 is 0 Å². The lowest BCUT2D eigenvalue weighted by Gasteiger charge is -2.24. The quantitative estimate of drug-likeness (QED) is 0.143. The Balaban J connectivity index is 1.61. The van der Waals surface area contributed by atoms with Crippen LogP contribution in [0, 0.1) is 0 Å². The number of nitrogens with one attached hydrogen (secondary N) is 2. The zero-order valence-corrected chi connectivity index (χ0v) is 26.3. The van der Waals surface area contributed by atoms with Crippen molar-refractivity contribution in [1.29, 1.82) is 0 Å². The first-order valence-corrected chi connectivity index (χ1v) is 15.5. The summed E-state index contributed by atoms with van der Waals surface area (Å²) < 4.78 is 5.67. The van der Waals surface area contributed by atoms with E-state index in [0.29, 0.717) is 12.0 Å². The lowest BCUT2D eigenvalue weighted by atomic mass is 9.92. The van der Waals surface area contributed by atoms with Crippen LogP contribution in [0.4, 0.5) is 0 Å². The van der Waals surface area contributed by atoms with Gasteiger partial charge in [-0.2, -0.15) is 0 Å². The minimum atomic E-state index is -1.34. The number of carboxylic acid groups (broad SMARTS) is 1. The molecule has 2 rings (SSSR count). The average Bonchev–Trinajstić information content (AvgIpc) is 3.35. The predicted octanol–water partition coefficient (Wildman–Crippen LogP) is 6.55. The van der Waals surface area contributed by atoms with Gasteiger partial charge in [0.15, 0.2) is 11.4 Å². The molecule has 8 nitrogen and oxygen atoms in total. The average molecular weight is 615 g/mol. The molecule has 2 atom stereocenters. The highest BCUT2D eigenvalue weighted by Crippen LogP contribution is 2.34. The molecular formula is C37H46N2O6. The molecule has 1 aliphatic heterocycles. The van der Waals surface area contributed by atoms with Gasteiger partial charge in [-0.25, -0.2) is 4.79 Å². The van der Waals surface area contributed by atoms with Crippen molar-refractivity contribution in [2.24, 2.45) is 0 Å². The SMILES string of the molecule is CC/C=C\C/C=C\C/C=C\C/C=C\C/C=C\CC=CCCC(=O)NC(CNC(=O)C1=CC(=O)C(C)(c2ccccc2)O1)C(=O)O. The lowest BCUT2D eigenvalue weighted by Crippen LogP contribution is -2.48. The van der Waals surface area contributed by atoms with Crippen LogP contribution < -0.4 is 10.6 Å². The maximum atomic E-state index is 12.6. The molecule has 2 amide bonds. The van der Waals surface area contributed by atoms with Gasteiger partial charge in [0.1, 0.15) is 6.04 Å². The van der Waals surface area contributed by atoms with Crippen molar-refractivity contribution >= 4 is 23.6 Å². The molecule has 0 saturated carbocycles. The Bertz CT molecular complexity index is 1320. The number of aliphatic carboxylic acids is 1. The first-order valence-electron chi connectivity index (χ1n) is 15.5. The lowest BCUT2D eigenvalue weighted by molar-refractivity contribution is -0.141. The maximum Gasteiger partial charge on any atom is 0.328 e. The van der Waals surface area contributed by atoms with Crippen molar-refractivity contribution < 1.29 is 29.0 Å². The number of carboxylic acids is 1. The van der Waals surface area contributed by atoms with Crippen LogP contribution in [0.2, 0.25) is 0 Å². The number of allylic oxidation sites excluding steroid dienone is 12. The molecule has 240 valence electrons. The van der Waals surface area contributed by atoms with Crippen molar-refractivity contribution in [3.63, 3.8) is 0 Å². The number of carbonyl (C=O) groups is 4. The van der Waals surface area contributed by atoms with E-state index in [1.165, 1.54) is 0 Å². The fraction of sp³-hybridized carbons (Fsp3) is 0.351.